The number of aromatic nitrogens is 3. The maximum atomic E-state index is 13.1. The number of pyridine rings is 1. The predicted octanol–water partition coefficient (Wildman–Crippen LogP) is 3.78. The van der Waals surface area contributed by atoms with E-state index in [4.69, 9.17) is 4.74 Å². The number of hydrogen-bond donors (Lipinski definition) is 0. The number of hydrogen-bond acceptors (Lipinski definition) is 6. The third-order valence-electron chi connectivity index (χ3n) is 3.87. The summed E-state index contributed by atoms with van der Waals surface area (Å²) in [5.41, 5.74) is 0.200. The van der Waals surface area contributed by atoms with Crippen molar-refractivity contribution in [2.75, 3.05) is 13.1 Å². The molecule has 0 fully saturated rings. The normalized spacial score (nSPS) is 15.2. The highest BCUT2D eigenvalue weighted by Crippen LogP contribution is 2.32. The average Bonchev–Trinajstić information content (AvgIpc) is 2.69. The molecule has 2 aromatic heterocycles. The van der Waals surface area contributed by atoms with Crippen molar-refractivity contribution in [2.24, 2.45) is 0 Å². The molecule has 0 bridgehead atoms. The number of carbonyl (C=O) groups excluding carboxylic acids is 1. The van der Waals surface area contributed by atoms with Crippen molar-refractivity contribution in [3.05, 3.63) is 60.2 Å². The summed E-state index contributed by atoms with van der Waals surface area (Å²) in [6.45, 7) is 0.805. The Kier molecular flexibility index (Phi) is 5.67. The van der Waals surface area contributed by atoms with Gasteiger partial charge in [-0.15, -0.1) is 0 Å². The van der Waals surface area contributed by atoms with Gasteiger partial charge in [0.15, 0.2) is 12.1 Å². The van der Waals surface area contributed by atoms with Gasteiger partial charge in [0.2, 0.25) is 5.88 Å². The van der Waals surface area contributed by atoms with Crippen LogP contribution in [0.4, 0.5) is 17.6 Å². The molecule has 0 aromatic carbocycles. The Balaban J connectivity index is 1.78. The van der Waals surface area contributed by atoms with Gasteiger partial charge in [0.05, 0.1) is 6.20 Å². The Bertz CT molecular complexity index is 911. The van der Waals surface area contributed by atoms with E-state index in [1.165, 1.54) is 12.4 Å². The zero-order chi connectivity index (χ0) is 20.1. The SMILES string of the molecule is O=CC(F)=CN1CC=C(c2nccnc2Oc2ccc(C(F)(F)F)nc2)CC1. The first kappa shape index (κ1) is 19.5. The molecule has 10 heteroatoms. The first-order valence-electron chi connectivity index (χ1n) is 8.15. The number of allylic oxidation sites excluding steroid dienone is 1. The number of aldehydes is 1. The van der Waals surface area contributed by atoms with Gasteiger partial charge in [-0.25, -0.2) is 19.3 Å². The fraction of sp³-hybridized carbons (Fsp3) is 0.222. The number of alkyl halides is 3. The highest BCUT2D eigenvalue weighted by molar-refractivity contribution is 5.70. The number of rotatable bonds is 5. The van der Waals surface area contributed by atoms with Crippen molar-refractivity contribution >= 4 is 11.9 Å². The van der Waals surface area contributed by atoms with Crippen LogP contribution in [0.15, 0.2) is 48.8 Å². The lowest BCUT2D eigenvalue weighted by molar-refractivity contribution is -0.141. The van der Waals surface area contributed by atoms with Crippen LogP contribution in [0, 0.1) is 0 Å². The molecule has 3 rings (SSSR count). The van der Waals surface area contributed by atoms with Crippen molar-refractivity contribution in [3.8, 4) is 11.6 Å². The van der Waals surface area contributed by atoms with Crippen LogP contribution in [0.25, 0.3) is 5.57 Å². The molecule has 146 valence electrons. The minimum atomic E-state index is -4.53. The second kappa shape index (κ2) is 8.15. The molecule has 0 spiro atoms. The largest absolute Gasteiger partial charge is 0.435 e. The highest BCUT2D eigenvalue weighted by Gasteiger charge is 2.32. The second-order valence-electron chi connectivity index (χ2n) is 5.80. The molecule has 0 saturated carbocycles. The summed E-state index contributed by atoms with van der Waals surface area (Å²) in [4.78, 5) is 23.7. The van der Waals surface area contributed by atoms with Crippen LogP contribution in [0.1, 0.15) is 17.8 Å². The standard InChI is InChI=1S/C18H14F4N4O2/c19-13(11-27)10-26-7-3-12(4-8-26)16-17(24-6-5-23-16)28-14-1-2-15(25-9-14)18(20,21)22/h1-3,5-6,9-11H,4,7-8H2. The summed E-state index contributed by atoms with van der Waals surface area (Å²) in [5.74, 6) is -0.655. The molecule has 6 nitrogen and oxygen atoms in total. The fourth-order valence-electron chi connectivity index (χ4n) is 2.56. The van der Waals surface area contributed by atoms with Gasteiger partial charge in [0, 0.05) is 31.7 Å². The lowest BCUT2D eigenvalue weighted by Gasteiger charge is -2.24. The first-order valence-corrected chi connectivity index (χ1v) is 8.15. The molecule has 2 aromatic rings. The third-order valence-corrected chi connectivity index (χ3v) is 3.87. The summed E-state index contributed by atoms with van der Waals surface area (Å²) in [6, 6.07) is 1.97. The maximum Gasteiger partial charge on any atom is 0.433 e. The van der Waals surface area contributed by atoms with E-state index < -0.39 is 17.7 Å². The van der Waals surface area contributed by atoms with Gasteiger partial charge in [0.1, 0.15) is 17.1 Å². The van der Waals surface area contributed by atoms with Gasteiger partial charge in [-0.2, -0.15) is 13.2 Å². The van der Waals surface area contributed by atoms with E-state index in [0.717, 1.165) is 30.1 Å². The van der Waals surface area contributed by atoms with Crippen LogP contribution in [-0.4, -0.2) is 39.2 Å². The highest BCUT2D eigenvalue weighted by atomic mass is 19.4. The third kappa shape index (κ3) is 4.70. The van der Waals surface area contributed by atoms with E-state index in [1.54, 1.807) is 11.0 Å². The van der Waals surface area contributed by atoms with Gasteiger partial charge >= 0.3 is 6.18 Å². The first-order chi connectivity index (χ1) is 13.4. The Hall–Kier alpha value is -3.30. The lowest BCUT2D eigenvalue weighted by Crippen LogP contribution is -2.24. The predicted molar refractivity (Wildman–Crippen MR) is 90.8 cm³/mol. The number of carbonyl (C=O) groups is 1. The van der Waals surface area contributed by atoms with Crippen molar-refractivity contribution in [1.82, 2.24) is 19.9 Å². The maximum absolute atomic E-state index is 13.1. The van der Waals surface area contributed by atoms with Gasteiger partial charge in [-0.1, -0.05) is 6.08 Å². The van der Waals surface area contributed by atoms with Crippen molar-refractivity contribution in [1.29, 1.82) is 0 Å². The van der Waals surface area contributed by atoms with Gasteiger partial charge < -0.3 is 9.64 Å². The average molecular weight is 394 g/mol. The molecule has 0 amide bonds. The number of halogens is 4. The molecule has 0 saturated heterocycles. The number of ether oxygens (including phenoxy) is 1. The molecule has 1 aliphatic rings. The molecule has 0 atom stereocenters. The van der Waals surface area contributed by atoms with E-state index >= 15 is 0 Å². The van der Waals surface area contributed by atoms with Crippen LogP contribution in [0.5, 0.6) is 11.6 Å². The Morgan fingerprint density at radius 3 is 2.57 bits per heavy atom. The molecular formula is C18H14F4N4O2. The van der Waals surface area contributed by atoms with E-state index in [0.29, 0.717) is 25.2 Å². The van der Waals surface area contributed by atoms with E-state index in [9.17, 15) is 22.4 Å². The van der Waals surface area contributed by atoms with Crippen LogP contribution in [0.3, 0.4) is 0 Å². The molecule has 1 aliphatic heterocycles. The number of nitrogens with zero attached hydrogens (tertiary/aromatic N) is 4. The van der Waals surface area contributed by atoms with Gasteiger partial charge in [-0.3, -0.25) is 4.79 Å². The summed E-state index contributed by atoms with van der Waals surface area (Å²) in [7, 11) is 0. The molecule has 0 unspecified atom stereocenters. The van der Waals surface area contributed by atoms with Crippen LogP contribution < -0.4 is 4.74 Å². The van der Waals surface area contributed by atoms with Crippen molar-refractivity contribution in [2.45, 2.75) is 12.6 Å². The fourth-order valence-corrected chi connectivity index (χ4v) is 2.56. The summed E-state index contributed by atoms with van der Waals surface area (Å²) >= 11 is 0. The zero-order valence-corrected chi connectivity index (χ0v) is 14.4. The Labute approximate surface area is 157 Å². The van der Waals surface area contributed by atoms with E-state index in [2.05, 4.69) is 15.0 Å². The topological polar surface area (TPSA) is 68.2 Å². The van der Waals surface area contributed by atoms with E-state index in [-0.39, 0.29) is 17.9 Å². The molecule has 0 aliphatic carbocycles. The second-order valence-corrected chi connectivity index (χ2v) is 5.80. The summed E-state index contributed by atoms with van der Waals surface area (Å²) in [6.07, 6.45) is 2.83. The zero-order valence-electron chi connectivity index (χ0n) is 14.4. The lowest BCUT2D eigenvalue weighted by atomic mass is 10.0. The summed E-state index contributed by atoms with van der Waals surface area (Å²) < 4.78 is 56.4. The molecule has 28 heavy (non-hydrogen) atoms. The van der Waals surface area contributed by atoms with Crippen LogP contribution in [0.2, 0.25) is 0 Å². The molecule has 0 radical (unpaired) electrons. The minimum Gasteiger partial charge on any atom is -0.435 e. The van der Waals surface area contributed by atoms with Gasteiger partial charge in [0.25, 0.3) is 0 Å². The van der Waals surface area contributed by atoms with Crippen LogP contribution >= 0.6 is 0 Å². The minimum absolute atomic E-state index is 0.0868. The smallest absolute Gasteiger partial charge is 0.433 e. The van der Waals surface area contributed by atoms with E-state index in [1.807, 2.05) is 0 Å². The molecule has 3 heterocycles. The quantitative estimate of drug-likeness (QED) is 0.437. The van der Waals surface area contributed by atoms with Gasteiger partial charge in [-0.05, 0) is 24.1 Å². The summed E-state index contributed by atoms with van der Waals surface area (Å²) in [5, 5.41) is 0. The molecular weight excluding hydrogens is 380 g/mol. The monoisotopic (exact) mass is 394 g/mol. The van der Waals surface area contributed by atoms with Crippen LogP contribution in [-0.2, 0) is 11.0 Å². The van der Waals surface area contributed by atoms with Crippen molar-refractivity contribution in [3.63, 3.8) is 0 Å². The van der Waals surface area contributed by atoms with Crippen molar-refractivity contribution < 1.29 is 27.1 Å². The Morgan fingerprint density at radius 2 is 1.96 bits per heavy atom. The molecule has 0 N–H and O–H groups in total. The Morgan fingerprint density at radius 1 is 1.18 bits per heavy atom.